The number of carbonyl (C=O) groups excluding carboxylic acids is 2. The van der Waals surface area contributed by atoms with Crippen molar-refractivity contribution < 1.29 is 32.2 Å². The third-order valence-corrected chi connectivity index (χ3v) is 7.17. The molecule has 0 radical (unpaired) electrons. The van der Waals surface area contributed by atoms with Crippen LogP contribution < -0.4 is 14.8 Å². The first-order valence-corrected chi connectivity index (χ1v) is 12.9. The lowest BCUT2D eigenvalue weighted by molar-refractivity contribution is -0.137. The van der Waals surface area contributed by atoms with Crippen molar-refractivity contribution in [3.63, 3.8) is 0 Å². The molecule has 1 heterocycles. The summed E-state index contributed by atoms with van der Waals surface area (Å²) in [6.45, 7) is 1.37. The summed E-state index contributed by atoms with van der Waals surface area (Å²) in [4.78, 5) is 27.5. The molecule has 0 unspecified atom stereocenters. The van der Waals surface area contributed by atoms with Crippen LogP contribution in [0.3, 0.4) is 0 Å². The summed E-state index contributed by atoms with van der Waals surface area (Å²) < 4.78 is 50.9. The van der Waals surface area contributed by atoms with Gasteiger partial charge in [-0.25, -0.2) is 0 Å². The van der Waals surface area contributed by atoms with Crippen LogP contribution in [0, 0.1) is 0 Å². The highest BCUT2D eigenvalue weighted by Gasteiger charge is 2.36. The van der Waals surface area contributed by atoms with Gasteiger partial charge in [0.1, 0.15) is 4.32 Å². The molecule has 1 N–H and O–H groups in total. The molecule has 11 heteroatoms. The number of benzene rings is 3. The number of halogens is 3. The quantitative estimate of drug-likeness (QED) is 0.240. The Bertz CT molecular complexity index is 1430. The van der Waals surface area contributed by atoms with E-state index in [4.69, 9.17) is 21.7 Å². The molecule has 1 fully saturated rings. The van der Waals surface area contributed by atoms with Crippen LogP contribution in [0.1, 0.15) is 29.7 Å². The molecule has 1 atom stereocenters. The van der Waals surface area contributed by atoms with E-state index >= 15 is 0 Å². The molecule has 0 bridgehead atoms. The van der Waals surface area contributed by atoms with Crippen LogP contribution in [-0.2, 0) is 15.8 Å². The van der Waals surface area contributed by atoms with E-state index in [9.17, 15) is 22.8 Å². The minimum Gasteiger partial charge on any atom is -0.493 e. The minimum absolute atomic E-state index is 0.208. The Morgan fingerprint density at radius 3 is 2.46 bits per heavy atom. The fourth-order valence-electron chi connectivity index (χ4n) is 3.91. The normalized spacial score (nSPS) is 15.4. The molecule has 1 saturated heterocycles. The molecule has 202 valence electrons. The lowest BCUT2D eigenvalue weighted by Crippen LogP contribution is -2.30. The second-order valence-corrected chi connectivity index (χ2v) is 10.1. The van der Waals surface area contributed by atoms with Crippen LogP contribution >= 0.6 is 24.0 Å². The third kappa shape index (κ3) is 6.61. The number of hydrogen-bond acceptors (Lipinski definition) is 6. The monoisotopic (exact) mass is 572 g/mol. The van der Waals surface area contributed by atoms with Crippen molar-refractivity contribution in [1.29, 1.82) is 0 Å². The maximum atomic E-state index is 13.2. The smallest absolute Gasteiger partial charge is 0.418 e. The number of nitrogens with one attached hydrogen (secondary N) is 1. The van der Waals surface area contributed by atoms with E-state index in [1.807, 2.05) is 37.3 Å². The predicted molar refractivity (Wildman–Crippen MR) is 148 cm³/mol. The maximum absolute atomic E-state index is 13.2. The lowest BCUT2D eigenvalue weighted by Gasteiger charge is -2.23. The molecule has 3 aromatic rings. The number of thiocarbonyl (C=S) groups is 1. The summed E-state index contributed by atoms with van der Waals surface area (Å²) in [5.74, 6) is -0.495. The minimum atomic E-state index is -4.61. The molecule has 2 amide bonds. The zero-order valence-electron chi connectivity index (χ0n) is 20.8. The predicted octanol–water partition coefficient (Wildman–Crippen LogP) is 6.69. The topological polar surface area (TPSA) is 67.9 Å². The van der Waals surface area contributed by atoms with Gasteiger partial charge >= 0.3 is 6.18 Å². The summed E-state index contributed by atoms with van der Waals surface area (Å²) >= 11 is 6.67. The fourth-order valence-corrected chi connectivity index (χ4v) is 5.33. The molecule has 4 rings (SSSR count). The number of para-hydroxylation sites is 1. The second-order valence-electron chi connectivity index (χ2n) is 8.43. The highest BCUT2D eigenvalue weighted by molar-refractivity contribution is 8.26. The number of carbonyl (C=O) groups is 2. The van der Waals surface area contributed by atoms with Crippen molar-refractivity contribution in [2.75, 3.05) is 19.0 Å². The molecule has 0 aliphatic carbocycles. The van der Waals surface area contributed by atoms with Crippen molar-refractivity contribution in [3.8, 4) is 11.5 Å². The van der Waals surface area contributed by atoms with E-state index in [0.717, 1.165) is 11.6 Å². The van der Waals surface area contributed by atoms with Gasteiger partial charge in [-0.15, -0.1) is 0 Å². The van der Waals surface area contributed by atoms with Gasteiger partial charge in [-0.05, 0) is 48.4 Å². The second kappa shape index (κ2) is 11.9. The number of ether oxygens (including phenoxy) is 2. The van der Waals surface area contributed by atoms with Crippen LogP contribution in [-0.4, -0.2) is 34.8 Å². The van der Waals surface area contributed by atoms with E-state index in [-0.39, 0.29) is 29.1 Å². The molecule has 3 aromatic carbocycles. The number of amides is 2. The van der Waals surface area contributed by atoms with Crippen LogP contribution in [0.25, 0.3) is 6.08 Å². The third-order valence-electron chi connectivity index (χ3n) is 5.84. The van der Waals surface area contributed by atoms with Crippen LogP contribution in [0.15, 0.2) is 77.7 Å². The summed E-state index contributed by atoms with van der Waals surface area (Å²) in [7, 11) is 1.41. The molecular weight excluding hydrogens is 549 g/mol. The Morgan fingerprint density at radius 1 is 1.08 bits per heavy atom. The molecule has 0 spiro atoms. The fraction of sp³-hybridized carbons (Fsp3) is 0.179. The van der Waals surface area contributed by atoms with Crippen molar-refractivity contribution in [1.82, 2.24) is 4.90 Å². The van der Waals surface area contributed by atoms with E-state index in [1.165, 1.54) is 37.1 Å². The number of hydrogen-bond donors (Lipinski definition) is 1. The molecule has 0 aromatic heterocycles. The number of alkyl halides is 3. The standard InChI is InChI=1S/C28H23F3N2O4S2/c1-17(19-8-4-3-5-9-19)33-26(35)24(39-27(33)38)15-18-12-13-22(23(14-18)36-2)37-16-25(34)32-21-11-7-6-10-20(21)28(29,30)31/h3-15,17H,16H2,1-2H3,(H,32,34)/b24-15-/t17-/m0/s1. The molecule has 6 nitrogen and oxygen atoms in total. The van der Waals surface area contributed by atoms with Gasteiger partial charge in [0.25, 0.3) is 11.8 Å². The van der Waals surface area contributed by atoms with Crippen LogP contribution in [0.5, 0.6) is 11.5 Å². The van der Waals surface area contributed by atoms with E-state index in [2.05, 4.69) is 5.32 Å². The summed E-state index contributed by atoms with van der Waals surface area (Å²) in [5.41, 5.74) is 0.281. The van der Waals surface area contributed by atoms with Crippen molar-refractivity contribution >= 4 is 51.9 Å². The Labute approximate surface area is 232 Å². The zero-order chi connectivity index (χ0) is 28.2. The van der Waals surface area contributed by atoms with Crippen molar-refractivity contribution in [3.05, 3.63) is 94.4 Å². The summed E-state index contributed by atoms with van der Waals surface area (Å²) in [6.07, 6.45) is -2.93. The summed E-state index contributed by atoms with van der Waals surface area (Å²) in [6, 6.07) is 18.9. The SMILES string of the molecule is COc1cc(/C=C2\SC(=S)N([C@@H](C)c3ccccc3)C2=O)ccc1OCC(=O)Nc1ccccc1C(F)(F)F. The maximum Gasteiger partial charge on any atom is 0.418 e. The van der Waals surface area contributed by atoms with Gasteiger partial charge in [0.2, 0.25) is 0 Å². The molecule has 39 heavy (non-hydrogen) atoms. The number of methoxy groups -OCH3 is 1. The van der Waals surface area contributed by atoms with E-state index in [1.54, 1.807) is 29.2 Å². The number of rotatable bonds is 8. The Balaban J connectivity index is 1.44. The van der Waals surface area contributed by atoms with Crippen molar-refractivity contribution in [2.45, 2.75) is 19.1 Å². The van der Waals surface area contributed by atoms with Gasteiger partial charge in [0, 0.05) is 0 Å². The zero-order valence-corrected chi connectivity index (χ0v) is 22.5. The van der Waals surface area contributed by atoms with Gasteiger partial charge in [0.15, 0.2) is 18.1 Å². The largest absolute Gasteiger partial charge is 0.493 e. The molecular formula is C28H23F3N2O4S2. The van der Waals surface area contributed by atoms with Gasteiger partial charge in [-0.3, -0.25) is 14.5 Å². The Hall–Kier alpha value is -3.83. The highest BCUT2D eigenvalue weighted by atomic mass is 32.2. The van der Waals surface area contributed by atoms with Crippen molar-refractivity contribution in [2.24, 2.45) is 0 Å². The van der Waals surface area contributed by atoms with Crippen LogP contribution in [0.2, 0.25) is 0 Å². The molecule has 1 aliphatic heterocycles. The average Bonchev–Trinajstić information content (AvgIpc) is 3.19. The highest BCUT2D eigenvalue weighted by Crippen LogP contribution is 2.39. The van der Waals surface area contributed by atoms with Gasteiger partial charge in [-0.2, -0.15) is 13.2 Å². The van der Waals surface area contributed by atoms with Gasteiger partial charge in [-0.1, -0.05) is 72.5 Å². The Kier molecular flexibility index (Phi) is 8.61. The van der Waals surface area contributed by atoms with E-state index < -0.39 is 24.3 Å². The van der Waals surface area contributed by atoms with Crippen LogP contribution in [0.4, 0.5) is 18.9 Å². The lowest BCUT2D eigenvalue weighted by atomic mass is 10.1. The Morgan fingerprint density at radius 2 is 1.77 bits per heavy atom. The number of nitrogens with zero attached hydrogens (tertiary/aromatic N) is 1. The average molecular weight is 573 g/mol. The first-order valence-electron chi connectivity index (χ1n) is 11.7. The first kappa shape index (κ1) is 28.2. The molecule has 0 saturated carbocycles. The number of thioether (sulfide) groups is 1. The number of anilines is 1. The van der Waals surface area contributed by atoms with Gasteiger partial charge in [0.05, 0.1) is 29.3 Å². The van der Waals surface area contributed by atoms with E-state index in [0.29, 0.717) is 14.8 Å². The first-order chi connectivity index (χ1) is 18.6. The van der Waals surface area contributed by atoms with Gasteiger partial charge < -0.3 is 14.8 Å². The molecule has 1 aliphatic rings. The summed E-state index contributed by atoms with van der Waals surface area (Å²) in [5, 5.41) is 2.23.